The number of aliphatic hydroxyl groups excluding tert-OH is 1. The molecule has 2 N–H and O–H groups in total. The predicted octanol–water partition coefficient (Wildman–Crippen LogP) is 2.82. The Morgan fingerprint density at radius 3 is 2.90 bits per heavy atom. The van der Waals surface area contributed by atoms with Gasteiger partial charge in [0.1, 0.15) is 5.82 Å². The van der Waals surface area contributed by atoms with Crippen molar-refractivity contribution in [2.45, 2.75) is 57.2 Å². The lowest BCUT2D eigenvalue weighted by Crippen LogP contribution is -2.32. The number of halogens is 1. The Kier molecular flexibility index (Phi) is 4.76. The fourth-order valence-corrected chi connectivity index (χ4v) is 3.32. The van der Waals surface area contributed by atoms with E-state index < -0.39 is 0 Å². The number of hydrogen-bond acceptors (Lipinski definition) is 3. The zero-order valence-electron chi connectivity index (χ0n) is 12.5. The summed E-state index contributed by atoms with van der Waals surface area (Å²) in [5.41, 5.74) is 1.85. The van der Waals surface area contributed by atoms with Gasteiger partial charge in [0.05, 0.1) is 5.69 Å². The summed E-state index contributed by atoms with van der Waals surface area (Å²) in [5.74, 6) is -0.110. The van der Waals surface area contributed by atoms with Crippen molar-refractivity contribution in [2.75, 3.05) is 18.1 Å². The third-order valence-electron chi connectivity index (χ3n) is 4.59. The minimum absolute atomic E-state index is 0.110. The Balaban J connectivity index is 1.77. The number of rotatable bonds is 7. The van der Waals surface area contributed by atoms with Crippen LogP contribution in [0.4, 0.5) is 10.1 Å². The van der Waals surface area contributed by atoms with Gasteiger partial charge in [-0.15, -0.1) is 0 Å². The van der Waals surface area contributed by atoms with Crippen molar-refractivity contribution in [2.24, 2.45) is 0 Å². The first kappa shape index (κ1) is 14.8. The molecule has 116 valence electrons. The van der Waals surface area contributed by atoms with Gasteiger partial charge in [-0.05, 0) is 50.2 Å². The minimum Gasteiger partial charge on any atom is -0.396 e. The maximum absolute atomic E-state index is 14.4. The Morgan fingerprint density at radius 1 is 1.29 bits per heavy atom. The summed E-state index contributed by atoms with van der Waals surface area (Å²) in [6.45, 7) is 1.89. The van der Waals surface area contributed by atoms with Crippen LogP contribution in [0, 0.1) is 5.82 Å². The van der Waals surface area contributed by atoms with E-state index in [1.54, 1.807) is 6.07 Å². The molecule has 1 aliphatic carbocycles. The molecule has 3 rings (SSSR count). The highest BCUT2D eigenvalue weighted by molar-refractivity contribution is 5.56. The maximum atomic E-state index is 14.4. The predicted molar refractivity (Wildman–Crippen MR) is 82.9 cm³/mol. The Bertz CT molecular complexity index is 476. The molecule has 0 amide bonds. The lowest BCUT2D eigenvalue weighted by Gasteiger charge is -2.29. The van der Waals surface area contributed by atoms with Crippen molar-refractivity contribution < 1.29 is 9.50 Å². The first-order chi connectivity index (χ1) is 10.3. The van der Waals surface area contributed by atoms with Crippen LogP contribution in [-0.4, -0.2) is 30.3 Å². The van der Waals surface area contributed by atoms with E-state index >= 15 is 0 Å². The number of benzene rings is 1. The molecular formula is C17H25FN2O. The third-order valence-corrected chi connectivity index (χ3v) is 4.59. The number of anilines is 1. The molecule has 1 atom stereocenters. The molecule has 4 heteroatoms. The minimum atomic E-state index is -0.110. The summed E-state index contributed by atoms with van der Waals surface area (Å²) in [4.78, 5) is 2.23. The molecule has 0 spiro atoms. The topological polar surface area (TPSA) is 35.5 Å². The fourth-order valence-electron chi connectivity index (χ4n) is 3.32. The summed E-state index contributed by atoms with van der Waals surface area (Å²) >= 11 is 0. The highest BCUT2D eigenvalue weighted by Gasteiger charge is 2.28. The average Bonchev–Trinajstić information content (AvgIpc) is 3.21. The van der Waals surface area contributed by atoms with Crippen molar-refractivity contribution >= 4 is 5.69 Å². The summed E-state index contributed by atoms with van der Waals surface area (Å²) in [6.07, 6.45) is 6.44. The molecule has 2 aliphatic rings. The normalized spacial score (nSPS) is 22.0. The molecule has 3 nitrogen and oxygen atoms in total. The third kappa shape index (κ3) is 3.55. The first-order valence-electron chi connectivity index (χ1n) is 8.18. The molecule has 0 aromatic heterocycles. The van der Waals surface area contributed by atoms with Gasteiger partial charge in [0.2, 0.25) is 0 Å². The fraction of sp³-hybridized carbons (Fsp3) is 0.647. The average molecular weight is 292 g/mol. The molecule has 1 saturated carbocycles. The first-order valence-corrected chi connectivity index (χ1v) is 8.18. The SMILES string of the molecule is OCCCC1CCCN1c1c(F)cccc1CNC1CC1. The molecule has 1 heterocycles. The number of nitrogens with one attached hydrogen (secondary N) is 1. The monoisotopic (exact) mass is 292 g/mol. The summed E-state index contributed by atoms with van der Waals surface area (Å²) in [6, 6.07) is 6.41. The molecule has 0 radical (unpaired) electrons. The van der Waals surface area contributed by atoms with Gasteiger partial charge in [-0.2, -0.15) is 0 Å². The second-order valence-corrected chi connectivity index (χ2v) is 6.26. The molecular weight excluding hydrogens is 267 g/mol. The van der Waals surface area contributed by atoms with Crippen molar-refractivity contribution in [3.8, 4) is 0 Å². The number of para-hydroxylation sites is 1. The lowest BCUT2D eigenvalue weighted by molar-refractivity contribution is 0.279. The molecule has 1 unspecified atom stereocenters. The van der Waals surface area contributed by atoms with Gasteiger partial charge < -0.3 is 15.3 Å². The highest BCUT2D eigenvalue weighted by atomic mass is 19.1. The van der Waals surface area contributed by atoms with Crippen LogP contribution in [0.15, 0.2) is 18.2 Å². The van der Waals surface area contributed by atoms with Gasteiger partial charge >= 0.3 is 0 Å². The molecule has 21 heavy (non-hydrogen) atoms. The van der Waals surface area contributed by atoms with Gasteiger partial charge in [-0.1, -0.05) is 12.1 Å². The molecule has 0 bridgehead atoms. The van der Waals surface area contributed by atoms with E-state index in [2.05, 4.69) is 10.2 Å². The van der Waals surface area contributed by atoms with E-state index in [0.29, 0.717) is 12.1 Å². The van der Waals surface area contributed by atoms with Gasteiger partial charge in [0.25, 0.3) is 0 Å². The molecule has 1 aromatic carbocycles. The zero-order chi connectivity index (χ0) is 14.7. The zero-order valence-corrected chi connectivity index (χ0v) is 12.5. The van der Waals surface area contributed by atoms with Gasteiger partial charge in [-0.25, -0.2) is 4.39 Å². The molecule has 1 aromatic rings. The number of nitrogens with zero attached hydrogens (tertiary/aromatic N) is 1. The smallest absolute Gasteiger partial charge is 0.146 e. The Labute approximate surface area is 126 Å². The standard InChI is InChI=1S/C17H25FN2O/c18-16-7-1-4-13(12-19-14-8-9-14)17(16)20-10-2-5-15(20)6-3-11-21/h1,4,7,14-15,19,21H,2-3,5-6,8-12H2. The van der Waals surface area contributed by atoms with E-state index in [4.69, 9.17) is 5.11 Å². The summed E-state index contributed by atoms with van der Waals surface area (Å²) < 4.78 is 14.4. The van der Waals surface area contributed by atoms with E-state index in [1.807, 2.05) is 12.1 Å². The van der Waals surface area contributed by atoms with Crippen molar-refractivity contribution in [3.05, 3.63) is 29.6 Å². The van der Waals surface area contributed by atoms with Gasteiger partial charge in [0, 0.05) is 31.8 Å². The van der Waals surface area contributed by atoms with Crippen LogP contribution in [-0.2, 0) is 6.54 Å². The summed E-state index contributed by atoms with van der Waals surface area (Å²) in [7, 11) is 0. The second-order valence-electron chi connectivity index (χ2n) is 6.26. The molecule has 1 aliphatic heterocycles. The van der Waals surface area contributed by atoms with E-state index in [1.165, 1.54) is 12.8 Å². The van der Waals surface area contributed by atoms with Gasteiger partial charge in [0.15, 0.2) is 0 Å². The highest BCUT2D eigenvalue weighted by Crippen LogP contribution is 2.33. The van der Waals surface area contributed by atoms with E-state index in [0.717, 1.165) is 50.0 Å². The van der Waals surface area contributed by atoms with Crippen LogP contribution >= 0.6 is 0 Å². The van der Waals surface area contributed by atoms with Gasteiger partial charge in [-0.3, -0.25) is 0 Å². The quantitative estimate of drug-likeness (QED) is 0.811. The van der Waals surface area contributed by atoms with Crippen LogP contribution < -0.4 is 10.2 Å². The molecule has 1 saturated heterocycles. The Hall–Kier alpha value is -1.13. The Morgan fingerprint density at radius 2 is 2.14 bits per heavy atom. The van der Waals surface area contributed by atoms with Crippen molar-refractivity contribution in [3.63, 3.8) is 0 Å². The largest absolute Gasteiger partial charge is 0.396 e. The van der Waals surface area contributed by atoms with E-state index in [9.17, 15) is 4.39 Å². The lowest BCUT2D eigenvalue weighted by atomic mass is 10.1. The maximum Gasteiger partial charge on any atom is 0.146 e. The van der Waals surface area contributed by atoms with Crippen LogP contribution in [0.3, 0.4) is 0 Å². The number of aliphatic hydroxyl groups is 1. The van der Waals surface area contributed by atoms with Crippen LogP contribution in [0.5, 0.6) is 0 Å². The second kappa shape index (κ2) is 6.75. The van der Waals surface area contributed by atoms with E-state index in [-0.39, 0.29) is 12.4 Å². The van der Waals surface area contributed by atoms with Crippen LogP contribution in [0.2, 0.25) is 0 Å². The van der Waals surface area contributed by atoms with Crippen molar-refractivity contribution in [1.29, 1.82) is 0 Å². The van der Waals surface area contributed by atoms with Crippen LogP contribution in [0.25, 0.3) is 0 Å². The summed E-state index contributed by atoms with van der Waals surface area (Å²) in [5, 5.41) is 12.5. The van der Waals surface area contributed by atoms with Crippen LogP contribution in [0.1, 0.15) is 44.1 Å². The van der Waals surface area contributed by atoms with Crippen molar-refractivity contribution in [1.82, 2.24) is 5.32 Å². The molecule has 2 fully saturated rings. The number of hydrogen-bond donors (Lipinski definition) is 2.